The van der Waals surface area contributed by atoms with E-state index in [1.54, 1.807) is 31.2 Å². The van der Waals surface area contributed by atoms with E-state index in [-0.39, 0.29) is 45.3 Å². The standard InChI is InChI=1S/C28H26O8/c1-16-21(36-25-22(23(16)30)24(31)26(32-2)28(34-4)27(25)33-3)11-10-18-12-19(29)14-20(13-18)35-15-17-8-6-5-7-9-17/h5-14,29,31H,15H2,1-4H3/b11-10+. The fourth-order valence-corrected chi connectivity index (χ4v) is 3.86. The summed E-state index contributed by atoms with van der Waals surface area (Å²) in [5, 5.41) is 20.8. The lowest BCUT2D eigenvalue weighted by Crippen LogP contribution is -2.09. The molecule has 4 rings (SSSR count). The summed E-state index contributed by atoms with van der Waals surface area (Å²) >= 11 is 0. The molecule has 0 spiro atoms. The first-order valence-electron chi connectivity index (χ1n) is 11.0. The molecule has 3 aromatic carbocycles. The van der Waals surface area contributed by atoms with Crippen LogP contribution in [0.3, 0.4) is 0 Å². The smallest absolute Gasteiger partial charge is 0.211 e. The molecule has 2 N–H and O–H groups in total. The Bertz CT molecular complexity index is 1490. The van der Waals surface area contributed by atoms with E-state index in [2.05, 4.69) is 0 Å². The molecular formula is C28H26O8. The summed E-state index contributed by atoms with van der Waals surface area (Å²) in [5.41, 5.74) is 1.46. The zero-order chi connectivity index (χ0) is 25.8. The molecule has 0 saturated carbocycles. The van der Waals surface area contributed by atoms with Gasteiger partial charge in [0.2, 0.25) is 17.2 Å². The minimum Gasteiger partial charge on any atom is -0.508 e. The fraction of sp³-hybridized carbons (Fsp3) is 0.179. The summed E-state index contributed by atoms with van der Waals surface area (Å²) in [6.45, 7) is 1.94. The highest BCUT2D eigenvalue weighted by molar-refractivity contribution is 5.95. The predicted octanol–water partition coefficient (Wildman–Crippen LogP) is 5.29. The van der Waals surface area contributed by atoms with Crippen LogP contribution < -0.4 is 24.4 Å². The zero-order valence-electron chi connectivity index (χ0n) is 20.3. The molecular weight excluding hydrogens is 464 g/mol. The molecule has 0 bridgehead atoms. The number of benzene rings is 3. The number of hydrogen-bond donors (Lipinski definition) is 2. The van der Waals surface area contributed by atoms with Gasteiger partial charge in [0.25, 0.3) is 0 Å². The van der Waals surface area contributed by atoms with E-state index in [9.17, 15) is 15.0 Å². The van der Waals surface area contributed by atoms with E-state index in [0.717, 1.165) is 5.56 Å². The van der Waals surface area contributed by atoms with Gasteiger partial charge in [0.15, 0.2) is 16.8 Å². The number of rotatable bonds is 8. The number of hydrogen-bond acceptors (Lipinski definition) is 8. The molecule has 4 aromatic rings. The minimum absolute atomic E-state index is 0.0192. The maximum absolute atomic E-state index is 13.2. The van der Waals surface area contributed by atoms with Crippen molar-refractivity contribution in [2.24, 2.45) is 0 Å². The third-order valence-electron chi connectivity index (χ3n) is 5.65. The highest BCUT2D eigenvalue weighted by Gasteiger charge is 2.27. The number of ether oxygens (including phenoxy) is 4. The Labute approximate surface area is 207 Å². The van der Waals surface area contributed by atoms with Crippen molar-refractivity contribution < 1.29 is 33.6 Å². The van der Waals surface area contributed by atoms with Crippen molar-refractivity contribution >= 4 is 23.1 Å². The van der Waals surface area contributed by atoms with Crippen LogP contribution in [0, 0.1) is 6.92 Å². The molecule has 0 unspecified atom stereocenters. The number of phenolic OH excluding ortho intramolecular Hbond substituents is 2. The summed E-state index contributed by atoms with van der Waals surface area (Å²) in [4.78, 5) is 13.2. The molecule has 0 radical (unpaired) electrons. The third kappa shape index (κ3) is 4.65. The molecule has 36 heavy (non-hydrogen) atoms. The lowest BCUT2D eigenvalue weighted by atomic mass is 10.1. The Morgan fingerprint density at radius 2 is 1.58 bits per heavy atom. The summed E-state index contributed by atoms with van der Waals surface area (Å²) in [7, 11) is 4.13. The maximum Gasteiger partial charge on any atom is 0.211 e. The lowest BCUT2D eigenvalue weighted by Gasteiger charge is -2.16. The minimum atomic E-state index is -0.449. The van der Waals surface area contributed by atoms with Crippen LogP contribution in [0.5, 0.6) is 34.5 Å². The second kappa shape index (κ2) is 10.4. The Morgan fingerprint density at radius 3 is 2.25 bits per heavy atom. The molecule has 186 valence electrons. The largest absolute Gasteiger partial charge is 0.508 e. The molecule has 1 heterocycles. The van der Waals surface area contributed by atoms with Gasteiger partial charge in [0.1, 0.15) is 29.3 Å². The highest BCUT2D eigenvalue weighted by Crippen LogP contribution is 2.49. The van der Waals surface area contributed by atoms with E-state index < -0.39 is 11.2 Å². The summed E-state index contributed by atoms with van der Waals surface area (Å²) in [5.74, 6) is 0.541. The average molecular weight is 491 g/mol. The molecule has 0 aliphatic heterocycles. The molecule has 0 aliphatic rings. The van der Waals surface area contributed by atoms with Gasteiger partial charge in [-0.1, -0.05) is 36.4 Å². The molecule has 0 atom stereocenters. The van der Waals surface area contributed by atoms with Crippen LogP contribution in [-0.4, -0.2) is 31.5 Å². The fourth-order valence-electron chi connectivity index (χ4n) is 3.86. The molecule has 1 aromatic heterocycles. The summed E-state index contributed by atoms with van der Waals surface area (Å²) in [6, 6.07) is 14.5. The lowest BCUT2D eigenvalue weighted by molar-refractivity contribution is 0.304. The first-order chi connectivity index (χ1) is 17.4. The maximum atomic E-state index is 13.2. The van der Waals surface area contributed by atoms with Crippen LogP contribution in [0.25, 0.3) is 23.1 Å². The van der Waals surface area contributed by atoms with Crippen LogP contribution in [0.4, 0.5) is 0 Å². The van der Waals surface area contributed by atoms with Crippen LogP contribution in [0.1, 0.15) is 22.5 Å². The number of fused-ring (bicyclic) bond motifs is 1. The topological polar surface area (TPSA) is 108 Å². The normalized spacial score (nSPS) is 11.1. The van der Waals surface area contributed by atoms with Gasteiger partial charge in [0, 0.05) is 11.6 Å². The van der Waals surface area contributed by atoms with E-state index in [1.807, 2.05) is 30.3 Å². The Morgan fingerprint density at radius 1 is 0.889 bits per heavy atom. The van der Waals surface area contributed by atoms with E-state index in [1.165, 1.54) is 27.4 Å². The second-order valence-corrected chi connectivity index (χ2v) is 7.94. The van der Waals surface area contributed by atoms with Crippen molar-refractivity contribution in [1.82, 2.24) is 0 Å². The van der Waals surface area contributed by atoms with Crippen molar-refractivity contribution in [3.05, 3.63) is 81.2 Å². The molecule has 0 fully saturated rings. The van der Waals surface area contributed by atoms with Gasteiger partial charge in [0.05, 0.1) is 21.3 Å². The van der Waals surface area contributed by atoms with E-state index in [0.29, 0.717) is 17.9 Å². The second-order valence-electron chi connectivity index (χ2n) is 7.94. The van der Waals surface area contributed by atoms with Crippen LogP contribution in [0.2, 0.25) is 0 Å². The van der Waals surface area contributed by atoms with Crippen LogP contribution in [-0.2, 0) is 6.61 Å². The Hall–Kier alpha value is -4.59. The predicted molar refractivity (Wildman–Crippen MR) is 136 cm³/mol. The zero-order valence-corrected chi connectivity index (χ0v) is 20.3. The number of methoxy groups -OCH3 is 3. The van der Waals surface area contributed by atoms with Gasteiger partial charge in [-0.3, -0.25) is 4.79 Å². The Balaban J connectivity index is 1.74. The summed E-state index contributed by atoms with van der Waals surface area (Å²) < 4.78 is 27.8. The number of phenols is 2. The van der Waals surface area contributed by atoms with Gasteiger partial charge in [-0.25, -0.2) is 0 Å². The molecule has 8 heteroatoms. The van der Waals surface area contributed by atoms with Crippen molar-refractivity contribution in [2.75, 3.05) is 21.3 Å². The van der Waals surface area contributed by atoms with Crippen molar-refractivity contribution in [2.45, 2.75) is 13.5 Å². The van der Waals surface area contributed by atoms with Gasteiger partial charge in [-0.05, 0) is 36.3 Å². The SMILES string of the molecule is COc1c(OC)c(O)c2c(=O)c(C)c(/C=C/c3cc(O)cc(OCc4ccccc4)c3)oc2c1OC. The first kappa shape index (κ1) is 24.5. The van der Waals surface area contributed by atoms with Crippen molar-refractivity contribution in [1.29, 1.82) is 0 Å². The van der Waals surface area contributed by atoms with Gasteiger partial charge < -0.3 is 33.6 Å². The number of aromatic hydroxyl groups is 2. The quantitative estimate of drug-likeness (QED) is 0.343. The molecule has 0 aliphatic carbocycles. The summed E-state index contributed by atoms with van der Waals surface area (Å²) in [6.07, 6.45) is 3.28. The molecule has 8 nitrogen and oxygen atoms in total. The van der Waals surface area contributed by atoms with Crippen LogP contribution >= 0.6 is 0 Å². The molecule has 0 amide bonds. The van der Waals surface area contributed by atoms with Gasteiger partial charge in [-0.2, -0.15) is 0 Å². The van der Waals surface area contributed by atoms with Gasteiger partial charge >= 0.3 is 0 Å². The van der Waals surface area contributed by atoms with Gasteiger partial charge in [-0.15, -0.1) is 0 Å². The highest BCUT2D eigenvalue weighted by atomic mass is 16.5. The van der Waals surface area contributed by atoms with Crippen molar-refractivity contribution in [3.63, 3.8) is 0 Å². The molecule has 0 saturated heterocycles. The third-order valence-corrected chi connectivity index (χ3v) is 5.65. The van der Waals surface area contributed by atoms with Crippen molar-refractivity contribution in [3.8, 4) is 34.5 Å². The van der Waals surface area contributed by atoms with E-state index in [4.69, 9.17) is 23.4 Å². The van der Waals surface area contributed by atoms with Crippen LogP contribution in [0.15, 0.2) is 57.7 Å². The monoisotopic (exact) mass is 490 g/mol. The first-order valence-corrected chi connectivity index (χ1v) is 11.0. The van der Waals surface area contributed by atoms with E-state index >= 15 is 0 Å². The Kier molecular flexibility index (Phi) is 7.05. The average Bonchev–Trinajstić information content (AvgIpc) is 2.88.